The first kappa shape index (κ1) is 15.0. The molecule has 0 saturated heterocycles. The SMILES string of the molecule is Cc1c(COC(=O)c2ccccc2)noc1-c1ccc(F)cc1. The number of nitrogens with zero attached hydrogens (tertiary/aromatic N) is 1. The summed E-state index contributed by atoms with van der Waals surface area (Å²) >= 11 is 0. The molecule has 0 unspecified atom stereocenters. The Bertz CT molecular complexity index is 810. The van der Waals surface area contributed by atoms with E-state index in [1.54, 1.807) is 36.4 Å². The number of benzene rings is 2. The minimum Gasteiger partial charge on any atom is -0.455 e. The van der Waals surface area contributed by atoms with Gasteiger partial charge in [0.1, 0.15) is 18.1 Å². The van der Waals surface area contributed by atoms with Crippen molar-refractivity contribution in [2.45, 2.75) is 13.5 Å². The second-order valence-electron chi connectivity index (χ2n) is 5.03. The van der Waals surface area contributed by atoms with E-state index in [1.165, 1.54) is 12.1 Å². The van der Waals surface area contributed by atoms with Crippen molar-refractivity contribution in [2.75, 3.05) is 0 Å². The fourth-order valence-corrected chi connectivity index (χ4v) is 2.17. The van der Waals surface area contributed by atoms with Crippen molar-refractivity contribution in [2.24, 2.45) is 0 Å². The maximum atomic E-state index is 13.0. The molecular formula is C18H14FNO3. The number of halogens is 1. The van der Waals surface area contributed by atoms with Crippen LogP contribution in [0.3, 0.4) is 0 Å². The molecule has 5 heteroatoms. The van der Waals surface area contributed by atoms with Gasteiger partial charge in [-0.2, -0.15) is 0 Å². The Morgan fingerprint density at radius 2 is 1.83 bits per heavy atom. The molecule has 1 aromatic heterocycles. The van der Waals surface area contributed by atoms with E-state index < -0.39 is 5.97 Å². The van der Waals surface area contributed by atoms with Crippen molar-refractivity contribution in [3.63, 3.8) is 0 Å². The van der Waals surface area contributed by atoms with Crippen molar-refractivity contribution >= 4 is 5.97 Å². The average molecular weight is 311 g/mol. The summed E-state index contributed by atoms with van der Waals surface area (Å²) in [5, 5.41) is 3.93. The minimum absolute atomic E-state index is 0.0181. The van der Waals surface area contributed by atoms with E-state index in [1.807, 2.05) is 13.0 Å². The Labute approximate surface area is 132 Å². The molecule has 0 saturated carbocycles. The van der Waals surface area contributed by atoms with E-state index in [2.05, 4.69) is 5.16 Å². The van der Waals surface area contributed by atoms with Crippen molar-refractivity contribution in [1.82, 2.24) is 5.16 Å². The van der Waals surface area contributed by atoms with Gasteiger partial charge in [0.2, 0.25) is 0 Å². The lowest BCUT2D eigenvalue weighted by atomic mass is 10.1. The van der Waals surface area contributed by atoms with Crippen LogP contribution < -0.4 is 0 Å². The van der Waals surface area contributed by atoms with Gasteiger partial charge in [-0.3, -0.25) is 0 Å². The third-order valence-electron chi connectivity index (χ3n) is 3.48. The zero-order chi connectivity index (χ0) is 16.2. The highest BCUT2D eigenvalue weighted by Gasteiger charge is 2.16. The van der Waals surface area contributed by atoms with E-state index in [4.69, 9.17) is 9.26 Å². The number of esters is 1. The molecule has 0 radical (unpaired) electrons. The molecule has 0 fully saturated rings. The first-order valence-corrected chi connectivity index (χ1v) is 7.08. The van der Waals surface area contributed by atoms with Gasteiger partial charge in [0.15, 0.2) is 5.76 Å². The zero-order valence-electron chi connectivity index (χ0n) is 12.5. The maximum absolute atomic E-state index is 13.0. The van der Waals surface area contributed by atoms with Gasteiger partial charge in [-0.05, 0) is 43.3 Å². The summed E-state index contributed by atoms with van der Waals surface area (Å²) < 4.78 is 23.5. The van der Waals surface area contributed by atoms with Crippen molar-refractivity contribution < 1.29 is 18.4 Å². The van der Waals surface area contributed by atoms with E-state index in [0.29, 0.717) is 17.0 Å². The molecule has 0 atom stereocenters. The minimum atomic E-state index is -0.420. The van der Waals surface area contributed by atoms with Gasteiger partial charge in [-0.25, -0.2) is 9.18 Å². The van der Waals surface area contributed by atoms with Gasteiger partial charge in [0.25, 0.3) is 0 Å². The van der Waals surface area contributed by atoms with Gasteiger partial charge in [-0.15, -0.1) is 0 Å². The molecule has 0 spiro atoms. The number of rotatable bonds is 4. The number of carbonyl (C=O) groups is 1. The summed E-state index contributed by atoms with van der Waals surface area (Å²) in [6.45, 7) is 1.84. The lowest BCUT2D eigenvalue weighted by Crippen LogP contribution is -2.05. The van der Waals surface area contributed by atoms with E-state index >= 15 is 0 Å². The fourth-order valence-electron chi connectivity index (χ4n) is 2.17. The highest BCUT2D eigenvalue weighted by atomic mass is 19.1. The van der Waals surface area contributed by atoms with Gasteiger partial charge in [0, 0.05) is 11.1 Å². The molecule has 116 valence electrons. The third-order valence-corrected chi connectivity index (χ3v) is 3.48. The Kier molecular flexibility index (Phi) is 4.19. The third kappa shape index (κ3) is 3.29. The summed E-state index contributed by atoms with van der Waals surface area (Å²) in [6, 6.07) is 14.7. The van der Waals surface area contributed by atoms with Crippen molar-refractivity contribution in [1.29, 1.82) is 0 Å². The number of aromatic nitrogens is 1. The molecule has 1 heterocycles. The lowest BCUT2D eigenvalue weighted by Gasteiger charge is -2.03. The molecule has 0 aliphatic carbocycles. The maximum Gasteiger partial charge on any atom is 0.338 e. The van der Waals surface area contributed by atoms with Gasteiger partial charge >= 0.3 is 5.97 Å². The van der Waals surface area contributed by atoms with Crippen LogP contribution >= 0.6 is 0 Å². The monoisotopic (exact) mass is 311 g/mol. The molecule has 0 bridgehead atoms. The Morgan fingerprint density at radius 3 is 2.52 bits per heavy atom. The van der Waals surface area contributed by atoms with Crippen molar-refractivity contribution in [3.05, 3.63) is 77.2 Å². The molecule has 2 aromatic carbocycles. The summed E-state index contributed by atoms with van der Waals surface area (Å²) in [4.78, 5) is 11.9. The molecule has 3 rings (SSSR count). The second-order valence-corrected chi connectivity index (χ2v) is 5.03. The number of carbonyl (C=O) groups excluding carboxylic acids is 1. The van der Waals surface area contributed by atoms with E-state index in [9.17, 15) is 9.18 Å². The van der Waals surface area contributed by atoms with Crippen LogP contribution in [0, 0.1) is 12.7 Å². The zero-order valence-corrected chi connectivity index (χ0v) is 12.5. The smallest absolute Gasteiger partial charge is 0.338 e. The Balaban J connectivity index is 1.72. The fraction of sp³-hybridized carbons (Fsp3) is 0.111. The molecule has 0 amide bonds. The molecule has 0 aliphatic heterocycles. The predicted molar refractivity (Wildman–Crippen MR) is 82.2 cm³/mol. The van der Waals surface area contributed by atoms with Crippen LogP contribution in [0.4, 0.5) is 4.39 Å². The second kappa shape index (κ2) is 6.44. The summed E-state index contributed by atoms with van der Waals surface area (Å²) in [5.74, 6) is -0.199. The van der Waals surface area contributed by atoms with E-state index in [0.717, 1.165) is 11.1 Å². The first-order chi connectivity index (χ1) is 11.1. The molecular weight excluding hydrogens is 297 g/mol. The summed E-state index contributed by atoms with van der Waals surface area (Å²) in [7, 11) is 0. The van der Waals surface area contributed by atoms with Crippen LogP contribution in [-0.4, -0.2) is 11.1 Å². The Hall–Kier alpha value is -2.95. The normalized spacial score (nSPS) is 10.5. The van der Waals surface area contributed by atoms with Gasteiger partial charge in [0.05, 0.1) is 5.56 Å². The molecule has 23 heavy (non-hydrogen) atoms. The standard InChI is InChI=1S/C18H14FNO3/c1-12-16(11-22-18(21)14-5-3-2-4-6-14)20-23-17(12)13-7-9-15(19)10-8-13/h2-10H,11H2,1H3. The highest BCUT2D eigenvalue weighted by molar-refractivity contribution is 5.89. The largest absolute Gasteiger partial charge is 0.455 e. The van der Waals surface area contributed by atoms with Crippen LogP contribution in [0.25, 0.3) is 11.3 Å². The molecule has 3 aromatic rings. The first-order valence-electron chi connectivity index (χ1n) is 7.08. The van der Waals surface area contributed by atoms with E-state index in [-0.39, 0.29) is 12.4 Å². The molecule has 4 nitrogen and oxygen atoms in total. The van der Waals surface area contributed by atoms with Crippen LogP contribution in [0.5, 0.6) is 0 Å². The summed E-state index contributed by atoms with van der Waals surface area (Å²) in [5.41, 5.74) is 2.50. The number of hydrogen-bond donors (Lipinski definition) is 0. The number of ether oxygens (including phenoxy) is 1. The topological polar surface area (TPSA) is 52.3 Å². The molecule has 0 aliphatic rings. The number of hydrogen-bond acceptors (Lipinski definition) is 4. The van der Waals surface area contributed by atoms with Crippen LogP contribution in [0.1, 0.15) is 21.6 Å². The van der Waals surface area contributed by atoms with Crippen LogP contribution in [-0.2, 0) is 11.3 Å². The van der Waals surface area contributed by atoms with Gasteiger partial charge in [-0.1, -0.05) is 23.4 Å². The van der Waals surface area contributed by atoms with Crippen LogP contribution in [0.2, 0.25) is 0 Å². The van der Waals surface area contributed by atoms with Crippen molar-refractivity contribution in [3.8, 4) is 11.3 Å². The van der Waals surface area contributed by atoms with Gasteiger partial charge < -0.3 is 9.26 Å². The molecule has 0 N–H and O–H groups in total. The Morgan fingerprint density at radius 1 is 1.13 bits per heavy atom. The quantitative estimate of drug-likeness (QED) is 0.679. The predicted octanol–water partition coefficient (Wildman–Crippen LogP) is 4.15. The summed E-state index contributed by atoms with van der Waals surface area (Å²) in [6.07, 6.45) is 0. The lowest BCUT2D eigenvalue weighted by molar-refractivity contribution is 0.0464. The van der Waals surface area contributed by atoms with Crippen LogP contribution in [0.15, 0.2) is 59.1 Å². The average Bonchev–Trinajstić information content (AvgIpc) is 2.95. The highest BCUT2D eigenvalue weighted by Crippen LogP contribution is 2.26.